The molecule has 0 heterocycles. The fourth-order valence-electron chi connectivity index (χ4n) is 2.18. The number of ether oxygens (including phenoxy) is 1. The summed E-state index contributed by atoms with van der Waals surface area (Å²) in [5.74, 6) is -1.40. The largest absolute Gasteiger partial charge is 0.449 e. The van der Waals surface area contributed by atoms with E-state index in [-0.39, 0.29) is 11.3 Å². The van der Waals surface area contributed by atoms with Gasteiger partial charge in [0.05, 0.1) is 21.3 Å². The van der Waals surface area contributed by atoms with E-state index in [0.717, 1.165) is 0 Å². The minimum atomic E-state index is -1.33. The molecule has 1 amide bonds. The highest BCUT2D eigenvalue weighted by Crippen LogP contribution is 2.17. The maximum atomic E-state index is 13.6. The Kier molecular flexibility index (Phi) is 6.63. The van der Waals surface area contributed by atoms with Crippen LogP contribution in [0.4, 0.5) is 10.1 Å². The summed E-state index contributed by atoms with van der Waals surface area (Å²) >= 11 is 0. The van der Waals surface area contributed by atoms with Crippen molar-refractivity contribution in [2.24, 2.45) is 0 Å². The lowest BCUT2D eigenvalue weighted by atomic mass is 10.2. The van der Waals surface area contributed by atoms with Crippen LogP contribution >= 0.6 is 0 Å². The molecule has 2 atom stereocenters. The predicted octanol–water partition coefficient (Wildman–Crippen LogP) is 3.45. The summed E-state index contributed by atoms with van der Waals surface area (Å²) in [5.41, 5.74) is 0.894. The highest BCUT2D eigenvalue weighted by molar-refractivity contribution is 7.85. The van der Waals surface area contributed by atoms with Gasteiger partial charge >= 0.3 is 5.97 Å². The summed E-state index contributed by atoms with van der Waals surface area (Å²) in [7, 11) is -1.33. The Balaban J connectivity index is 2.08. The number of carbonyl (C=O) groups is 2. The van der Waals surface area contributed by atoms with Crippen LogP contribution in [0.15, 0.2) is 47.4 Å². The second-order valence-electron chi connectivity index (χ2n) is 5.63. The number of hydrogen-bond acceptors (Lipinski definition) is 4. The summed E-state index contributed by atoms with van der Waals surface area (Å²) in [6.45, 7) is 4.77. The number of halogens is 1. The average molecular weight is 377 g/mol. The third kappa shape index (κ3) is 4.76. The summed E-state index contributed by atoms with van der Waals surface area (Å²) in [5, 5.41) is 2.50. The Morgan fingerprint density at radius 2 is 1.92 bits per heavy atom. The monoisotopic (exact) mass is 377 g/mol. The first-order valence-corrected chi connectivity index (χ1v) is 9.40. The Hall–Kier alpha value is -2.54. The van der Waals surface area contributed by atoms with E-state index in [2.05, 4.69) is 5.32 Å². The Labute approximate surface area is 154 Å². The smallest absolute Gasteiger partial charge is 0.340 e. The zero-order valence-corrected chi connectivity index (χ0v) is 15.6. The number of aryl methyl sites for hydroxylation is 1. The highest BCUT2D eigenvalue weighted by atomic mass is 32.2. The molecule has 0 aliphatic heterocycles. The molecule has 0 aromatic heterocycles. The summed E-state index contributed by atoms with van der Waals surface area (Å²) in [4.78, 5) is 24.9. The topological polar surface area (TPSA) is 72.5 Å². The second kappa shape index (κ2) is 8.71. The zero-order chi connectivity index (χ0) is 19.3. The number of nitrogens with one attached hydrogen (secondary N) is 1. The predicted molar refractivity (Wildman–Crippen MR) is 98.0 cm³/mol. The van der Waals surface area contributed by atoms with Crippen molar-refractivity contribution >= 4 is 28.4 Å². The minimum Gasteiger partial charge on any atom is -0.449 e. The van der Waals surface area contributed by atoms with Gasteiger partial charge in [0.2, 0.25) is 0 Å². The molecule has 0 bridgehead atoms. The number of benzene rings is 2. The molecule has 1 N–H and O–H groups in total. The van der Waals surface area contributed by atoms with Gasteiger partial charge in [0.15, 0.2) is 6.10 Å². The van der Waals surface area contributed by atoms with Crippen molar-refractivity contribution in [2.75, 3.05) is 11.1 Å². The molecule has 0 unspecified atom stereocenters. The summed E-state index contributed by atoms with van der Waals surface area (Å²) in [6.07, 6.45) is -1.10. The molecule has 0 spiro atoms. The number of esters is 1. The van der Waals surface area contributed by atoms with Gasteiger partial charge in [0.1, 0.15) is 5.82 Å². The molecule has 138 valence electrons. The lowest BCUT2D eigenvalue weighted by Gasteiger charge is -2.15. The van der Waals surface area contributed by atoms with Crippen LogP contribution in [-0.2, 0) is 20.3 Å². The summed E-state index contributed by atoms with van der Waals surface area (Å²) < 4.78 is 30.8. The number of anilines is 1. The summed E-state index contributed by atoms with van der Waals surface area (Å²) in [6, 6.07) is 10.7. The van der Waals surface area contributed by atoms with E-state index < -0.39 is 34.6 Å². The molecule has 0 fully saturated rings. The van der Waals surface area contributed by atoms with Crippen molar-refractivity contribution < 1.29 is 22.9 Å². The molecule has 0 radical (unpaired) electrons. The average Bonchev–Trinajstić information content (AvgIpc) is 2.63. The highest BCUT2D eigenvalue weighted by Gasteiger charge is 2.22. The van der Waals surface area contributed by atoms with Gasteiger partial charge in [-0.2, -0.15) is 0 Å². The van der Waals surface area contributed by atoms with Gasteiger partial charge in [-0.25, -0.2) is 9.18 Å². The SMILES string of the molecule is CC[S@@](=O)c1ccccc1C(=O)O[C@@H](C)C(=O)Nc1ccc(C)c(F)c1. The van der Waals surface area contributed by atoms with E-state index in [4.69, 9.17) is 4.74 Å². The third-order valence-corrected chi connectivity index (χ3v) is 5.08. The van der Waals surface area contributed by atoms with Crippen molar-refractivity contribution in [3.05, 3.63) is 59.4 Å². The van der Waals surface area contributed by atoms with Crippen LogP contribution in [0.1, 0.15) is 29.8 Å². The molecule has 7 heteroatoms. The van der Waals surface area contributed by atoms with Crippen molar-refractivity contribution in [1.82, 2.24) is 0 Å². The van der Waals surface area contributed by atoms with Gasteiger partial charge in [0.25, 0.3) is 5.91 Å². The molecule has 26 heavy (non-hydrogen) atoms. The van der Waals surface area contributed by atoms with Gasteiger partial charge in [-0.05, 0) is 43.7 Å². The van der Waals surface area contributed by atoms with Crippen LogP contribution in [0.25, 0.3) is 0 Å². The molecule has 0 aliphatic carbocycles. The van der Waals surface area contributed by atoms with Crippen molar-refractivity contribution in [1.29, 1.82) is 0 Å². The lowest BCUT2D eigenvalue weighted by molar-refractivity contribution is -0.123. The van der Waals surface area contributed by atoms with E-state index in [1.54, 1.807) is 38.1 Å². The van der Waals surface area contributed by atoms with Crippen LogP contribution in [-0.4, -0.2) is 27.9 Å². The molecule has 2 rings (SSSR count). The first kappa shape index (κ1) is 19.8. The molecular weight excluding hydrogens is 357 g/mol. The Morgan fingerprint density at radius 3 is 2.58 bits per heavy atom. The van der Waals surface area contributed by atoms with Crippen LogP contribution in [0.5, 0.6) is 0 Å². The van der Waals surface area contributed by atoms with Crippen LogP contribution in [0, 0.1) is 12.7 Å². The molecule has 5 nitrogen and oxygen atoms in total. The van der Waals surface area contributed by atoms with Crippen molar-refractivity contribution in [2.45, 2.75) is 31.8 Å². The number of rotatable bonds is 6. The van der Waals surface area contributed by atoms with E-state index in [1.807, 2.05) is 0 Å². The van der Waals surface area contributed by atoms with E-state index in [0.29, 0.717) is 16.2 Å². The molecular formula is C19H20FNO4S. The van der Waals surface area contributed by atoms with E-state index in [1.165, 1.54) is 25.1 Å². The van der Waals surface area contributed by atoms with Crippen molar-refractivity contribution in [3.8, 4) is 0 Å². The fraction of sp³-hybridized carbons (Fsp3) is 0.263. The Bertz CT molecular complexity index is 853. The van der Waals surface area contributed by atoms with Crippen molar-refractivity contribution in [3.63, 3.8) is 0 Å². The first-order chi connectivity index (χ1) is 12.3. The van der Waals surface area contributed by atoms with Gasteiger partial charge < -0.3 is 10.1 Å². The van der Waals surface area contributed by atoms with Gasteiger partial charge in [-0.15, -0.1) is 0 Å². The normalized spacial score (nSPS) is 12.9. The molecule has 2 aromatic rings. The molecule has 0 saturated heterocycles. The quantitative estimate of drug-likeness (QED) is 0.783. The van der Waals surface area contributed by atoms with Crippen LogP contribution < -0.4 is 5.32 Å². The van der Waals surface area contributed by atoms with Crippen LogP contribution in [0.3, 0.4) is 0 Å². The maximum Gasteiger partial charge on any atom is 0.340 e. The zero-order valence-electron chi connectivity index (χ0n) is 14.7. The molecule has 2 aromatic carbocycles. The lowest BCUT2D eigenvalue weighted by Crippen LogP contribution is -2.30. The van der Waals surface area contributed by atoms with E-state index >= 15 is 0 Å². The minimum absolute atomic E-state index is 0.161. The van der Waals surface area contributed by atoms with Gasteiger partial charge in [-0.1, -0.05) is 25.1 Å². The maximum absolute atomic E-state index is 13.6. The Morgan fingerprint density at radius 1 is 1.23 bits per heavy atom. The number of carbonyl (C=O) groups excluding carboxylic acids is 2. The van der Waals surface area contributed by atoms with Gasteiger partial charge in [0, 0.05) is 11.4 Å². The second-order valence-corrected chi connectivity index (χ2v) is 7.34. The molecule has 0 saturated carbocycles. The first-order valence-electron chi connectivity index (χ1n) is 8.09. The number of amides is 1. The molecule has 0 aliphatic rings. The third-order valence-electron chi connectivity index (χ3n) is 3.71. The van der Waals surface area contributed by atoms with Crippen LogP contribution in [0.2, 0.25) is 0 Å². The standard InChI is InChI=1S/C19H20FNO4S/c1-4-26(24)17-8-6-5-7-15(17)19(23)25-13(3)18(22)21-14-10-9-12(2)16(20)11-14/h5-11,13H,4H2,1-3H3,(H,21,22)/t13-,26+/m0/s1. The van der Waals surface area contributed by atoms with E-state index in [9.17, 15) is 18.2 Å². The van der Waals surface area contributed by atoms with Gasteiger partial charge in [-0.3, -0.25) is 9.00 Å². The fourth-order valence-corrected chi connectivity index (χ4v) is 3.12. The number of hydrogen-bond donors (Lipinski definition) is 1.